The molecule has 0 radical (unpaired) electrons. The summed E-state index contributed by atoms with van der Waals surface area (Å²) in [6, 6.07) is 24.4. The molecular formula is C26H20BrN5O3. The lowest BCUT2D eigenvalue weighted by Gasteiger charge is -2.13. The van der Waals surface area contributed by atoms with E-state index >= 15 is 0 Å². The zero-order chi connectivity index (χ0) is 24.6. The first kappa shape index (κ1) is 23.7. The number of hydrazone groups is 1. The van der Waals surface area contributed by atoms with E-state index in [0.29, 0.717) is 33.7 Å². The van der Waals surface area contributed by atoms with Gasteiger partial charge in [0.05, 0.1) is 23.5 Å². The molecule has 4 rings (SSSR count). The van der Waals surface area contributed by atoms with Crippen molar-refractivity contribution in [1.29, 1.82) is 5.26 Å². The van der Waals surface area contributed by atoms with Crippen molar-refractivity contribution < 1.29 is 9.47 Å². The molecule has 0 aliphatic carbocycles. The number of anilines is 1. The molecule has 174 valence electrons. The third-order valence-corrected chi connectivity index (χ3v) is 5.53. The molecule has 3 aromatic carbocycles. The number of aromatic nitrogens is 2. The van der Waals surface area contributed by atoms with Crippen LogP contribution >= 0.6 is 15.9 Å². The standard InChI is InChI=1S/C26H20BrN5O3/c1-34-22-13-18(12-21(27)24(22)35-16-17-8-4-2-5-9-17)15-29-32-26-30-23(19-10-6-3-7-11-19)20(14-28)25(33)31-26/h2-13,15H,16H2,1H3,(H2,30,31,32,33). The lowest BCUT2D eigenvalue weighted by molar-refractivity contribution is 0.282. The first-order chi connectivity index (χ1) is 17.1. The monoisotopic (exact) mass is 529 g/mol. The van der Waals surface area contributed by atoms with Crippen molar-refractivity contribution in [2.75, 3.05) is 12.5 Å². The number of H-pyrrole nitrogens is 1. The molecule has 0 bridgehead atoms. The third-order valence-electron chi connectivity index (χ3n) is 4.94. The molecule has 0 spiro atoms. The molecule has 0 amide bonds. The Balaban J connectivity index is 1.53. The predicted octanol–water partition coefficient (Wildman–Crippen LogP) is 5.10. The van der Waals surface area contributed by atoms with E-state index in [1.165, 1.54) is 0 Å². The maximum Gasteiger partial charge on any atom is 0.270 e. The Morgan fingerprint density at radius 2 is 1.86 bits per heavy atom. The molecule has 8 nitrogen and oxygen atoms in total. The van der Waals surface area contributed by atoms with Gasteiger partial charge in [0.25, 0.3) is 5.56 Å². The number of nitrogens with one attached hydrogen (secondary N) is 2. The second-order valence-corrected chi connectivity index (χ2v) is 8.15. The van der Waals surface area contributed by atoms with E-state index in [1.807, 2.05) is 60.7 Å². The highest BCUT2D eigenvalue weighted by molar-refractivity contribution is 9.10. The van der Waals surface area contributed by atoms with Crippen LogP contribution in [0.4, 0.5) is 5.95 Å². The van der Waals surface area contributed by atoms with Gasteiger partial charge in [-0.15, -0.1) is 0 Å². The van der Waals surface area contributed by atoms with Crippen molar-refractivity contribution in [3.8, 4) is 28.8 Å². The Morgan fingerprint density at radius 3 is 2.54 bits per heavy atom. The highest BCUT2D eigenvalue weighted by Gasteiger charge is 2.14. The predicted molar refractivity (Wildman–Crippen MR) is 138 cm³/mol. The van der Waals surface area contributed by atoms with Gasteiger partial charge in [-0.3, -0.25) is 9.78 Å². The van der Waals surface area contributed by atoms with Gasteiger partial charge >= 0.3 is 0 Å². The quantitative estimate of drug-likeness (QED) is 0.242. The molecule has 9 heteroatoms. The summed E-state index contributed by atoms with van der Waals surface area (Å²) in [5, 5.41) is 13.6. The number of rotatable bonds is 8. The minimum Gasteiger partial charge on any atom is -0.493 e. The average Bonchev–Trinajstić information content (AvgIpc) is 2.88. The zero-order valence-corrected chi connectivity index (χ0v) is 20.2. The minimum atomic E-state index is -0.552. The number of halogens is 1. The van der Waals surface area contributed by atoms with Crippen LogP contribution in [0, 0.1) is 11.3 Å². The zero-order valence-electron chi connectivity index (χ0n) is 18.7. The Bertz CT molecular complexity index is 1450. The van der Waals surface area contributed by atoms with Crippen molar-refractivity contribution in [2.24, 2.45) is 5.10 Å². The van der Waals surface area contributed by atoms with E-state index in [1.54, 1.807) is 31.5 Å². The van der Waals surface area contributed by atoms with Crippen LogP contribution in [-0.2, 0) is 6.61 Å². The van der Waals surface area contributed by atoms with Crippen LogP contribution in [0.1, 0.15) is 16.7 Å². The number of aromatic amines is 1. The van der Waals surface area contributed by atoms with E-state index in [2.05, 4.69) is 36.4 Å². The summed E-state index contributed by atoms with van der Waals surface area (Å²) in [6.07, 6.45) is 1.55. The molecule has 0 fully saturated rings. The molecule has 4 aromatic rings. The fourth-order valence-corrected chi connectivity index (χ4v) is 3.86. The first-order valence-corrected chi connectivity index (χ1v) is 11.3. The van der Waals surface area contributed by atoms with Gasteiger partial charge in [-0.05, 0) is 39.2 Å². The number of methoxy groups -OCH3 is 1. The van der Waals surface area contributed by atoms with E-state index in [9.17, 15) is 10.1 Å². The highest BCUT2D eigenvalue weighted by atomic mass is 79.9. The van der Waals surface area contributed by atoms with Crippen molar-refractivity contribution in [3.05, 3.63) is 104 Å². The normalized spacial score (nSPS) is 10.7. The topological polar surface area (TPSA) is 112 Å². The van der Waals surface area contributed by atoms with E-state index in [4.69, 9.17) is 9.47 Å². The number of hydrogen-bond acceptors (Lipinski definition) is 7. The lowest BCUT2D eigenvalue weighted by Crippen LogP contribution is -2.16. The van der Waals surface area contributed by atoms with Crippen molar-refractivity contribution in [1.82, 2.24) is 9.97 Å². The SMILES string of the molecule is COc1cc(C=NNc2nc(-c3ccccc3)c(C#N)c(=O)[nH]2)cc(Br)c1OCc1ccccc1. The Morgan fingerprint density at radius 1 is 1.14 bits per heavy atom. The van der Waals surface area contributed by atoms with E-state index in [0.717, 1.165) is 5.56 Å². The van der Waals surface area contributed by atoms with Crippen LogP contribution in [0.25, 0.3) is 11.3 Å². The number of hydrogen-bond donors (Lipinski definition) is 2. The van der Waals surface area contributed by atoms with E-state index < -0.39 is 5.56 Å². The lowest BCUT2D eigenvalue weighted by atomic mass is 10.1. The summed E-state index contributed by atoms with van der Waals surface area (Å²) in [6.45, 7) is 0.395. The number of nitrogens with zero attached hydrogens (tertiary/aromatic N) is 3. The number of nitriles is 1. The Hall–Kier alpha value is -4.42. The molecule has 1 aromatic heterocycles. The molecular weight excluding hydrogens is 510 g/mol. The largest absolute Gasteiger partial charge is 0.493 e. The minimum absolute atomic E-state index is 0.0644. The average molecular weight is 530 g/mol. The molecule has 2 N–H and O–H groups in total. The number of ether oxygens (including phenoxy) is 2. The first-order valence-electron chi connectivity index (χ1n) is 10.5. The van der Waals surface area contributed by atoms with E-state index in [-0.39, 0.29) is 17.2 Å². The maximum atomic E-state index is 12.4. The molecule has 0 aliphatic heterocycles. The van der Waals surface area contributed by atoms with Gasteiger partial charge in [-0.2, -0.15) is 10.4 Å². The molecule has 1 heterocycles. The summed E-state index contributed by atoms with van der Waals surface area (Å²) < 4.78 is 12.2. The Kier molecular flexibility index (Phi) is 7.55. The fourth-order valence-electron chi connectivity index (χ4n) is 3.29. The van der Waals surface area contributed by atoms with Crippen molar-refractivity contribution in [2.45, 2.75) is 6.61 Å². The van der Waals surface area contributed by atoms with Gasteiger partial charge in [0.15, 0.2) is 11.5 Å². The maximum absolute atomic E-state index is 12.4. The van der Waals surface area contributed by atoms with Crippen LogP contribution in [0.5, 0.6) is 11.5 Å². The van der Waals surface area contributed by atoms with Crippen LogP contribution in [-0.4, -0.2) is 23.3 Å². The summed E-state index contributed by atoms with van der Waals surface area (Å²) >= 11 is 3.53. The second-order valence-electron chi connectivity index (χ2n) is 7.29. The molecule has 0 unspecified atom stereocenters. The third kappa shape index (κ3) is 5.75. The summed E-state index contributed by atoms with van der Waals surface area (Å²) in [5.74, 6) is 1.22. The fraction of sp³-hybridized carbons (Fsp3) is 0.0769. The number of benzene rings is 3. The van der Waals surface area contributed by atoms with Gasteiger partial charge in [0.1, 0.15) is 18.2 Å². The van der Waals surface area contributed by atoms with Crippen LogP contribution < -0.4 is 20.5 Å². The van der Waals surface area contributed by atoms with Gasteiger partial charge < -0.3 is 9.47 Å². The highest BCUT2D eigenvalue weighted by Crippen LogP contribution is 2.36. The molecule has 35 heavy (non-hydrogen) atoms. The van der Waals surface area contributed by atoms with Gasteiger partial charge in [0.2, 0.25) is 5.95 Å². The van der Waals surface area contributed by atoms with Crippen molar-refractivity contribution >= 4 is 28.1 Å². The molecule has 0 saturated carbocycles. The summed E-state index contributed by atoms with van der Waals surface area (Å²) in [5.41, 5.74) is 4.79. The smallest absolute Gasteiger partial charge is 0.270 e. The molecule has 0 atom stereocenters. The van der Waals surface area contributed by atoms with Gasteiger partial charge in [0, 0.05) is 5.56 Å². The second kappa shape index (κ2) is 11.1. The van der Waals surface area contributed by atoms with Crippen LogP contribution in [0.15, 0.2) is 87.2 Å². The van der Waals surface area contributed by atoms with Gasteiger partial charge in [-0.1, -0.05) is 60.7 Å². The molecule has 0 saturated heterocycles. The van der Waals surface area contributed by atoms with Crippen LogP contribution in [0.3, 0.4) is 0 Å². The Labute approximate surface area is 210 Å². The molecule has 0 aliphatic rings. The summed E-state index contributed by atoms with van der Waals surface area (Å²) in [4.78, 5) is 19.3. The summed E-state index contributed by atoms with van der Waals surface area (Å²) in [7, 11) is 1.56. The van der Waals surface area contributed by atoms with Gasteiger partial charge in [-0.25, -0.2) is 10.4 Å². The van der Waals surface area contributed by atoms with Crippen molar-refractivity contribution in [3.63, 3.8) is 0 Å². The van der Waals surface area contributed by atoms with Crippen LogP contribution in [0.2, 0.25) is 0 Å².